The predicted molar refractivity (Wildman–Crippen MR) is 70.4 cm³/mol. The number of hydrogen-bond donors (Lipinski definition) is 2. The fourth-order valence-corrected chi connectivity index (χ4v) is 1.88. The van der Waals surface area contributed by atoms with E-state index < -0.39 is 17.9 Å². The molecule has 5 nitrogen and oxygen atoms in total. The van der Waals surface area contributed by atoms with Crippen LogP contribution < -0.4 is 5.32 Å². The van der Waals surface area contributed by atoms with E-state index in [4.69, 9.17) is 5.11 Å². The lowest BCUT2D eigenvalue weighted by atomic mass is 10.1. The normalized spacial score (nSPS) is 11.9. The zero-order valence-corrected chi connectivity index (χ0v) is 11.6. The Labute approximate surface area is 114 Å². The van der Waals surface area contributed by atoms with E-state index in [-0.39, 0.29) is 5.69 Å². The number of carbonyl (C=O) groups excluding carboxylic acids is 1. The first-order chi connectivity index (χ1) is 8.56. The molecule has 0 aliphatic heterocycles. The zero-order chi connectivity index (χ0) is 13.5. The molecule has 0 aromatic carbocycles. The van der Waals surface area contributed by atoms with E-state index in [0.717, 1.165) is 12.8 Å². The van der Waals surface area contributed by atoms with E-state index in [1.54, 1.807) is 12.1 Å². The largest absolute Gasteiger partial charge is 0.480 e. The molecule has 0 bridgehead atoms. The van der Waals surface area contributed by atoms with Crippen LogP contribution in [0.5, 0.6) is 0 Å². The molecule has 18 heavy (non-hydrogen) atoms. The average Bonchev–Trinajstić information content (AvgIpc) is 2.34. The van der Waals surface area contributed by atoms with Gasteiger partial charge in [-0.25, -0.2) is 9.78 Å². The molecule has 1 amide bonds. The van der Waals surface area contributed by atoms with Crippen LogP contribution in [0.15, 0.2) is 22.8 Å². The second-order valence-corrected chi connectivity index (χ2v) is 4.69. The third-order valence-corrected chi connectivity index (χ3v) is 3.06. The van der Waals surface area contributed by atoms with Crippen LogP contribution in [0.3, 0.4) is 0 Å². The lowest BCUT2D eigenvalue weighted by Gasteiger charge is -2.14. The molecule has 0 radical (unpaired) electrons. The third-order valence-electron chi connectivity index (χ3n) is 2.42. The van der Waals surface area contributed by atoms with Gasteiger partial charge in [-0.05, 0) is 34.5 Å². The Balaban J connectivity index is 2.72. The number of carboxylic acids is 1. The maximum Gasteiger partial charge on any atom is 0.326 e. The van der Waals surface area contributed by atoms with Crippen LogP contribution in [0.4, 0.5) is 0 Å². The Morgan fingerprint density at radius 3 is 2.83 bits per heavy atom. The smallest absolute Gasteiger partial charge is 0.326 e. The molecular formula is C12H15BrN2O3. The van der Waals surface area contributed by atoms with Crippen molar-refractivity contribution >= 4 is 27.8 Å². The SMILES string of the molecule is CCCCC(NC(=O)c1ncccc1Br)C(=O)O. The Morgan fingerprint density at radius 2 is 2.28 bits per heavy atom. The van der Waals surface area contributed by atoms with Crippen LogP contribution in [0.1, 0.15) is 36.7 Å². The molecule has 0 saturated heterocycles. The number of amides is 1. The van der Waals surface area contributed by atoms with Crippen molar-refractivity contribution in [3.63, 3.8) is 0 Å². The quantitative estimate of drug-likeness (QED) is 0.843. The van der Waals surface area contributed by atoms with Crippen molar-refractivity contribution in [3.05, 3.63) is 28.5 Å². The number of nitrogens with one attached hydrogen (secondary N) is 1. The third kappa shape index (κ3) is 4.10. The highest BCUT2D eigenvalue weighted by molar-refractivity contribution is 9.10. The molecule has 98 valence electrons. The maximum absolute atomic E-state index is 11.9. The van der Waals surface area contributed by atoms with Gasteiger partial charge in [-0.15, -0.1) is 0 Å². The van der Waals surface area contributed by atoms with E-state index >= 15 is 0 Å². The molecule has 6 heteroatoms. The number of nitrogens with zero attached hydrogens (tertiary/aromatic N) is 1. The van der Waals surface area contributed by atoms with Gasteiger partial charge in [-0.2, -0.15) is 0 Å². The minimum Gasteiger partial charge on any atom is -0.480 e. The van der Waals surface area contributed by atoms with Crippen LogP contribution in [0.25, 0.3) is 0 Å². The number of carboxylic acid groups (broad SMARTS) is 1. The van der Waals surface area contributed by atoms with Crippen LogP contribution in [0, 0.1) is 0 Å². The molecule has 0 aliphatic carbocycles. The van der Waals surface area contributed by atoms with Crippen molar-refractivity contribution in [1.29, 1.82) is 0 Å². The Morgan fingerprint density at radius 1 is 1.56 bits per heavy atom. The second-order valence-electron chi connectivity index (χ2n) is 3.84. The molecule has 0 spiro atoms. The van der Waals surface area contributed by atoms with Crippen LogP contribution in [-0.2, 0) is 4.79 Å². The Bertz CT molecular complexity index is 437. The standard InChI is InChI=1S/C12H15BrN2O3/c1-2-3-6-9(12(17)18)15-11(16)10-8(13)5-4-7-14-10/h4-5,7,9H,2-3,6H2,1H3,(H,15,16)(H,17,18). The summed E-state index contributed by atoms with van der Waals surface area (Å²) in [7, 11) is 0. The van der Waals surface area contributed by atoms with Gasteiger partial charge >= 0.3 is 5.97 Å². The fourth-order valence-electron chi connectivity index (χ4n) is 1.45. The molecule has 0 fully saturated rings. The van der Waals surface area contributed by atoms with Crippen molar-refractivity contribution < 1.29 is 14.7 Å². The monoisotopic (exact) mass is 314 g/mol. The van der Waals surface area contributed by atoms with Gasteiger partial charge in [0.05, 0.1) is 0 Å². The summed E-state index contributed by atoms with van der Waals surface area (Å²) < 4.78 is 0.544. The first-order valence-electron chi connectivity index (χ1n) is 5.70. The highest BCUT2D eigenvalue weighted by Gasteiger charge is 2.21. The van der Waals surface area contributed by atoms with Crippen LogP contribution >= 0.6 is 15.9 Å². The molecule has 1 aromatic rings. The molecule has 2 N–H and O–H groups in total. The van der Waals surface area contributed by atoms with E-state index in [1.165, 1.54) is 6.20 Å². The van der Waals surface area contributed by atoms with Crippen LogP contribution in [0.2, 0.25) is 0 Å². The number of hydrogen-bond acceptors (Lipinski definition) is 3. The van der Waals surface area contributed by atoms with Gasteiger partial charge in [0.1, 0.15) is 11.7 Å². The zero-order valence-electron chi connectivity index (χ0n) is 10.0. The number of rotatable bonds is 6. The Kier molecular flexibility index (Phi) is 5.77. The minimum atomic E-state index is -1.02. The molecule has 1 heterocycles. The topological polar surface area (TPSA) is 79.3 Å². The van der Waals surface area contributed by atoms with Gasteiger partial charge in [0.15, 0.2) is 0 Å². The average molecular weight is 315 g/mol. The Hall–Kier alpha value is -1.43. The summed E-state index contributed by atoms with van der Waals surface area (Å²) in [6.07, 6.45) is 3.54. The van der Waals surface area contributed by atoms with Crippen molar-refractivity contribution in [2.45, 2.75) is 32.2 Å². The fraction of sp³-hybridized carbons (Fsp3) is 0.417. The van der Waals surface area contributed by atoms with Crippen molar-refractivity contribution in [2.24, 2.45) is 0 Å². The molecule has 1 aromatic heterocycles. The van der Waals surface area contributed by atoms with Gasteiger partial charge in [-0.3, -0.25) is 4.79 Å². The summed E-state index contributed by atoms with van der Waals surface area (Å²) in [6.45, 7) is 1.97. The van der Waals surface area contributed by atoms with E-state index in [1.807, 2.05) is 6.92 Å². The van der Waals surface area contributed by atoms with E-state index in [9.17, 15) is 9.59 Å². The first-order valence-corrected chi connectivity index (χ1v) is 6.49. The molecule has 0 saturated carbocycles. The molecule has 0 aliphatic rings. The second kappa shape index (κ2) is 7.10. The summed E-state index contributed by atoms with van der Waals surface area (Å²) in [5.41, 5.74) is 0.195. The summed E-state index contributed by atoms with van der Waals surface area (Å²) in [6, 6.07) is 2.50. The van der Waals surface area contributed by atoms with Crippen molar-refractivity contribution in [3.8, 4) is 0 Å². The first kappa shape index (κ1) is 14.6. The number of carbonyl (C=O) groups is 2. The highest BCUT2D eigenvalue weighted by Crippen LogP contribution is 2.13. The maximum atomic E-state index is 11.9. The van der Waals surface area contributed by atoms with Crippen LogP contribution in [-0.4, -0.2) is 28.0 Å². The van der Waals surface area contributed by atoms with Gasteiger partial charge < -0.3 is 10.4 Å². The van der Waals surface area contributed by atoms with Gasteiger partial charge in [-0.1, -0.05) is 19.8 Å². The lowest BCUT2D eigenvalue weighted by molar-refractivity contribution is -0.139. The van der Waals surface area contributed by atoms with E-state index in [0.29, 0.717) is 10.9 Å². The lowest BCUT2D eigenvalue weighted by Crippen LogP contribution is -2.41. The summed E-state index contributed by atoms with van der Waals surface area (Å²) >= 11 is 3.21. The minimum absolute atomic E-state index is 0.195. The van der Waals surface area contributed by atoms with Gasteiger partial charge in [0.25, 0.3) is 5.91 Å². The number of aromatic nitrogens is 1. The van der Waals surface area contributed by atoms with Crippen molar-refractivity contribution in [1.82, 2.24) is 10.3 Å². The summed E-state index contributed by atoms with van der Waals surface area (Å²) in [4.78, 5) is 26.8. The van der Waals surface area contributed by atoms with E-state index in [2.05, 4.69) is 26.2 Å². The van der Waals surface area contributed by atoms with Crippen molar-refractivity contribution in [2.75, 3.05) is 0 Å². The number of aliphatic carboxylic acids is 1. The molecule has 1 atom stereocenters. The van der Waals surface area contributed by atoms with Gasteiger partial charge in [0, 0.05) is 10.7 Å². The predicted octanol–water partition coefficient (Wildman–Crippen LogP) is 2.22. The molecule has 1 unspecified atom stereocenters. The summed E-state index contributed by atoms with van der Waals surface area (Å²) in [5.74, 6) is -1.50. The number of unbranched alkanes of at least 4 members (excludes halogenated alkanes) is 1. The van der Waals surface area contributed by atoms with Gasteiger partial charge in [0.2, 0.25) is 0 Å². The molecule has 1 rings (SSSR count). The summed E-state index contributed by atoms with van der Waals surface area (Å²) in [5, 5.41) is 11.5. The number of halogens is 1. The molecular weight excluding hydrogens is 300 g/mol. The highest BCUT2D eigenvalue weighted by atomic mass is 79.9. The number of pyridine rings is 1.